The Kier molecular flexibility index (Phi) is 6.66. The standard InChI is InChI=1S/C26H32F2N4O2/c1-17-13-29-26(30-14-17)31-7-4-18(5-8-31)23-10-19(23)6-9-34-22-3-2-20(24(28)12-22)11-25(33)32-15-21(27)16-32/h2-3,12-14,18-19,21,23H,4-11,15-16H2,1H3/t19-,23-/m1/s1. The van der Waals surface area contributed by atoms with Crippen molar-refractivity contribution in [1.29, 1.82) is 0 Å². The summed E-state index contributed by atoms with van der Waals surface area (Å²) >= 11 is 0. The van der Waals surface area contributed by atoms with Gasteiger partial charge in [-0.05, 0) is 67.6 Å². The number of amides is 1. The minimum Gasteiger partial charge on any atom is -0.493 e. The second-order valence-electron chi connectivity index (χ2n) is 10.0. The van der Waals surface area contributed by atoms with E-state index in [0.717, 1.165) is 42.9 Å². The lowest BCUT2D eigenvalue weighted by molar-refractivity contribution is -0.137. The van der Waals surface area contributed by atoms with Gasteiger partial charge in [-0.25, -0.2) is 18.7 Å². The molecule has 1 aliphatic carbocycles. The molecule has 1 amide bonds. The van der Waals surface area contributed by atoms with Crippen LogP contribution in [0.3, 0.4) is 0 Å². The van der Waals surface area contributed by atoms with Crippen molar-refractivity contribution in [3.63, 3.8) is 0 Å². The lowest BCUT2D eigenvalue weighted by Crippen LogP contribution is -2.52. The molecule has 5 rings (SSSR count). The van der Waals surface area contributed by atoms with Crippen LogP contribution in [0.4, 0.5) is 14.7 Å². The van der Waals surface area contributed by atoms with Crippen LogP contribution in [0.25, 0.3) is 0 Å². The Morgan fingerprint density at radius 3 is 2.59 bits per heavy atom. The van der Waals surface area contributed by atoms with Crippen molar-refractivity contribution >= 4 is 11.9 Å². The molecular weight excluding hydrogens is 438 g/mol. The number of likely N-dealkylation sites (tertiary alicyclic amines) is 1. The molecule has 1 saturated carbocycles. The van der Waals surface area contributed by atoms with Gasteiger partial charge in [0, 0.05) is 31.5 Å². The Bertz CT molecular complexity index is 1000. The first-order valence-corrected chi connectivity index (χ1v) is 12.3. The third-order valence-electron chi connectivity index (χ3n) is 7.49. The quantitative estimate of drug-likeness (QED) is 0.584. The summed E-state index contributed by atoms with van der Waals surface area (Å²) in [6.45, 7) is 4.82. The molecule has 0 unspecified atom stereocenters. The number of anilines is 1. The number of rotatable bonds is 8. The number of halogens is 2. The van der Waals surface area contributed by atoms with E-state index in [-0.39, 0.29) is 25.4 Å². The summed E-state index contributed by atoms with van der Waals surface area (Å²) in [5, 5.41) is 0. The first-order valence-electron chi connectivity index (χ1n) is 12.3. The molecule has 8 heteroatoms. The second-order valence-corrected chi connectivity index (χ2v) is 10.0. The summed E-state index contributed by atoms with van der Waals surface area (Å²) in [6, 6.07) is 4.66. The summed E-state index contributed by atoms with van der Waals surface area (Å²) in [5.74, 6) is 2.84. The average Bonchev–Trinajstić information content (AvgIpc) is 3.59. The Morgan fingerprint density at radius 1 is 1.18 bits per heavy atom. The van der Waals surface area contributed by atoms with E-state index in [1.54, 1.807) is 12.1 Å². The maximum Gasteiger partial charge on any atom is 0.227 e. The third kappa shape index (κ3) is 5.31. The highest BCUT2D eigenvalue weighted by Crippen LogP contribution is 2.49. The fourth-order valence-corrected chi connectivity index (χ4v) is 5.25. The molecule has 2 aromatic rings. The number of piperidine rings is 1. The van der Waals surface area contributed by atoms with Gasteiger partial charge in [-0.1, -0.05) is 6.07 Å². The van der Waals surface area contributed by atoms with Crippen molar-refractivity contribution in [1.82, 2.24) is 14.9 Å². The second kappa shape index (κ2) is 9.84. The molecule has 1 aromatic heterocycles. The molecule has 182 valence electrons. The van der Waals surface area contributed by atoms with Gasteiger partial charge in [-0.3, -0.25) is 4.79 Å². The molecule has 0 bridgehead atoms. The minimum absolute atomic E-state index is 0.0442. The van der Waals surface area contributed by atoms with Crippen LogP contribution in [-0.2, 0) is 11.2 Å². The van der Waals surface area contributed by atoms with E-state index in [0.29, 0.717) is 23.8 Å². The van der Waals surface area contributed by atoms with Gasteiger partial charge in [0.15, 0.2) is 0 Å². The van der Waals surface area contributed by atoms with E-state index in [9.17, 15) is 13.6 Å². The maximum absolute atomic E-state index is 14.4. The van der Waals surface area contributed by atoms with Crippen molar-refractivity contribution in [3.8, 4) is 5.75 Å². The Morgan fingerprint density at radius 2 is 1.91 bits per heavy atom. The van der Waals surface area contributed by atoms with Crippen molar-refractivity contribution < 1.29 is 18.3 Å². The topological polar surface area (TPSA) is 58.6 Å². The Hall–Kier alpha value is -2.77. The lowest BCUT2D eigenvalue weighted by Gasteiger charge is -2.34. The van der Waals surface area contributed by atoms with Crippen LogP contribution in [0.15, 0.2) is 30.6 Å². The number of carbonyl (C=O) groups excluding carboxylic acids is 1. The smallest absolute Gasteiger partial charge is 0.227 e. The first kappa shape index (κ1) is 23.0. The molecule has 1 aromatic carbocycles. The van der Waals surface area contributed by atoms with E-state index >= 15 is 0 Å². The zero-order valence-corrected chi connectivity index (χ0v) is 19.6. The molecule has 6 nitrogen and oxygen atoms in total. The Labute approximate surface area is 199 Å². The van der Waals surface area contributed by atoms with E-state index in [4.69, 9.17) is 4.74 Å². The highest BCUT2D eigenvalue weighted by molar-refractivity contribution is 5.79. The number of aromatic nitrogens is 2. The average molecular weight is 471 g/mol. The van der Waals surface area contributed by atoms with Gasteiger partial charge in [0.05, 0.1) is 26.1 Å². The van der Waals surface area contributed by atoms with Crippen LogP contribution in [0.2, 0.25) is 0 Å². The number of aryl methyl sites for hydroxylation is 1. The van der Waals surface area contributed by atoms with Crippen molar-refractivity contribution in [2.75, 3.05) is 37.7 Å². The summed E-state index contributed by atoms with van der Waals surface area (Å²) in [6.07, 6.45) is 7.34. The van der Waals surface area contributed by atoms with Crippen LogP contribution in [0, 0.1) is 30.5 Å². The third-order valence-corrected chi connectivity index (χ3v) is 7.49. The van der Waals surface area contributed by atoms with E-state index in [1.807, 2.05) is 19.3 Å². The van der Waals surface area contributed by atoms with Crippen LogP contribution in [0.1, 0.15) is 36.8 Å². The number of carbonyl (C=O) groups is 1. The van der Waals surface area contributed by atoms with Gasteiger partial charge >= 0.3 is 0 Å². The fourth-order valence-electron chi connectivity index (χ4n) is 5.25. The molecule has 0 spiro atoms. The van der Waals surface area contributed by atoms with Gasteiger partial charge in [-0.15, -0.1) is 0 Å². The maximum atomic E-state index is 14.4. The molecular formula is C26H32F2N4O2. The highest BCUT2D eigenvalue weighted by Gasteiger charge is 2.43. The number of hydrogen-bond donors (Lipinski definition) is 0. The van der Waals surface area contributed by atoms with Crippen LogP contribution < -0.4 is 9.64 Å². The molecule has 3 aliphatic rings. The van der Waals surface area contributed by atoms with Crippen LogP contribution in [-0.4, -0.2) is 59.7 Å². The molecule has 3 fully saturated rings. The molecule has 0 radical (unpaired) electrons. The molecule has 2 aliphatic heterocycles. The normalized spacial score (nSPS) is 23.0. The number of nitrogens with zero attached hydrogens (tertiary/aromatic N) is 4. The largest absolute Gasteiger partial charge is 0.493 e. The van der Waals surface area contributed by atoms with E-state index < -0.39 is 12.0 Å². The summed E-state index contributed by atoms with van der Waals surface area (Å²) in [7, 11) is 0. The summed E-state index contributed by atoms with van der Waals surface area (Å²) < 4.78 is 33.1. The minimum atomic E-state index is -0.947. The van der Waals surface area contributed by atoms with Crippen molar-refractivity contribution in [2.24, 2.45) is 17.8 Å². The lowest BCUT2D eigenvalue weighted by atomic mass is 9.90. The van der Waals surface area contributed by atoms with Gasteiger partial charge in [0.2, 0.25) is 11.9 Å². The number of benzene rings is 1. The SMILES string of the molecule is Cc1cnc(N2CCC([C@H]3C[C@H]3CCOc3ccc(CC(=O)N4CC(F)C4)c(F)c3)CC2)nc1. The molecule has 34 heavy (non-hydrogen) atoms. The first-order chi connectivity index (χ1) is 16.5. The zero-order chi connectivity index (χ0) is 23.7. The van der Waals surface area contributed by atoms with E-state index in [2.05, 4.69) is 14.9 Å². The Balaban J connectivity index is 1.02. The summed E-state index contributed by atoms with van der Waals surface area (Å²) in [4.78, 5) is 24.7. The van der Waals surface area contributed by atoms with Crippen molar-refractivity contribution in [2.45, 2.75) is 45.2 Å². The molecule has 3 heterocycles. The zero-order valence-electron chi connectivity index (χ0n) is 19.6. The number of hydrogen-bond acceptors (Lipinski definition) is 5. The van der Waals surface area contributed by atoms with E-state index in [1.165, 1.54) is 30.2 Å². The fraction of sp³-hybridized carbons (Fsp3) is 0.577. The van der Waals surface area contributed by atoms with Crippen molar-refractivity contribution in [3.05, 3.63) is 47.5 Å². The summed E-state index contributed by atoms with van der Waals surface area (Å²) in [5.41, 5.74) is 1.40. The van der Waals surface area contributed by atoms with Crippen LogP contribution in [0.5, 0.6) is 5.75 Å². The van der Waals surface area contributed by atoms with Crippen LogP contribution >= 0.6 is 0 Å². The molecule has 2 atom stereocenters. The molecule has 2 saturated heterocycles. The van der Waals surface area contributed by atoms with Gasteiger partial charge in [0.1, 0.15) is 17.7 Å². The van der Waals surface area contributed by atoms with Gasteiger partial charge < -0.3 is 14.5 Å². The van der Waals surface area contributed by atoms with Gasteiger partial charge in [-0.2, -0.15) is 0 Å². The predicted molar refractivity (Wildman–Crippen MR) is 125 cm³/mol. The van der Waals surface area contributed by atoms with Gasteiger partial charge in [0.25, 0.3) is 0 Å². The molecule has 0 N–H and O–H groups in total. The monoisotopic (exact) mass is 470 g/mol. The predicted octanol–water partition coefficient (Wildman–Crippen LogP) is 3.97. The highest BCUT2D eigenvalue weighted by atomic mass is 19.1. The number of alkyl halides is 1. The number of ether oxygens (including phenoxy) is 1.